The third kappa shape index (κ3) is 5.82. The van der Waals surface area contributed by atoms with Crippen molar-refractivity contribution in [2.24, 2.45) is 0 Å². The molecular formula is C20H22Cl2N4O4S. The number of nitro benzene ring substituents is 1. The number of benzene rings is 2. The van der Waals surface area contributed by atoms with Crippen molar-refractivity contribution in [2.45, 2.75) is 6.92 Å². The van der Waals surface area contributed by atoms with Crippen molar-refractivity contribution in [3.8, 4) is 5.75 Å². The quantitative estimate of drug-likeness (QED) is 0.334. The van der Waals surface area contributed by atoms with Crippen LogP contribution in [-0.2, 0) is 0 Å². The molecule has 1 amide bonds. The highest BCUT2D eigenvalue weighted by molar-refractivity contribution is 7.22. The second-order valence-corrected chi connectivity index (χ2v) is 8.16. The summed E-state index contributed by atoms with van der Waals surface area (Å²) in [6.45, 7) is 3.39. The van der Waals surface area contributed by atoms with Gasteiger partial charge in [0.25, 0.3) is 11.6 Å². The lowest BCUT2D eigenvalue weighted by Crippen LogP contribution is -2.37. The summed E-state index contributed by atoms with van der Waals surface area (Å²) < 4.78 is 6.42. The molecule has 0 unspecified atom stereocenters. The molecule has 0 aliphatic rings. The molecule has 11 heteroatoms. The van der Waals surface area contributed by atoms with Gasteiger partial charge in [0.2, 0.25) is 0 Å². The minimum absolute atomic E-state index is 0. The van der Waals surface area contributed by atoms with Crippen molar-refractivity contribution in [1.82, 2.24) is 9.88 Å². The van der Waals surface area contributed by atoms with Crippen LogP contribution in [0.2, 0.25) is 5.02 Å². The van der Waals surface area contributed by atoms with Gasteiger partial charge in [-0.15, -0.1) is 12.4 Å². The van der Waals surface area contributed by atoms with E-state index in [1.165, 1.54) is 34.4 Å². The Morgan fingerprint density at radius 2 is 1.97 bits per heavy atom. The minimum Gasteiger partial charge on any atom is -0.494 e. The first-order chi connectivity index (χ1) is 14.3. The Labute approximate surface area is 194 Å². The fourth-order valence-electron chi connectivity index (χ4n) is 2.78. The van der Waals surface area contributed by atoms with Crippen LogP contribution >= 0.6 is 35.3 Å². The van der Waals surface area contributed by atoms with Crippen molar-refractivity contribution in [3.63, 3.8) is 0 Å². The van der Waals surface area contributed by atoms with Crippen molar-refractivity contribution < 1.29 is 14.5 Å². The molecular weight excluding hydrogens is 463 g/mol. The number of nitrogens with zero attached hydrogens (tertiary/aromatic N) is 4. The minimum atomic E-state index is -0.551. The zero-order valence-corrected chi connectivity index (χ0v) is 19.6. The molecule has 1 aromatic heterocycles. The number of likely N-dealkylation sites (N-methyl/N-ethyl adjacent to an activating group) is 1. The molecule has 3 aromatic rings. The molecule has 0 bridgehead atoms. The number of anilines is 1. The highest BCUT2D eigenvalue weighted by atomic mass is 35.5. The molecule has 0 N–H and O–H groups in total. The van der Waals surface area contributed by atoms with Crippen LogP contribution in [0.3, 0.4) is 0 Å². The van der Waals surface area contributed by atoms with E-state index >= 15 is 0 Å². The van der Waals surface area contributed by atoms with E-state index in [4.69, 9.17) is 16.3 Å². The predicted molar refractivity (Wildman–Crippen MR) is 126 cm³/mol. The maximum atomic E-state index is 13.3. The third-order valence-electron chi connectivity index (χ3n) is 4.30. The van der Waals surface area contributed by atoms with Gasteiger partial charge in [0.1, 0.15) is 5.75 Å². The number of aromatic nitrogens is 1. The number of fused-ring (bicyclic) bond motifs is 1. The van der Waals surface area contributed by atoms with Gasteiger partial charge in [-0.2, -0.15) is 0 Å². The van der Waals surface area contributed by atoms with Crippen molar-refractivity contribution in [1.29, 1.82) is 0 Å². The Morgan fingerprint density at radius 1 is 1.23 bits per heavy atom. The number of hydrogen-bond donors (Lipinski definition) is 0. The van der Waals surface area contributed by atoms with Crippen LogP contribution in [0, 0.1) is 10.1 Å². The fourth-order valence-corrected chi connectivity index (χ4v) is 4.00. The molecule has 0 aliphatic carbocycles. The van der Waals surface area contributed by atoms with E-state index in [1.54, 1.807) is 0 Å². The lowest BCUT2D eigenvalue weighted by Gasteiger charge is -2.22. The SMILES string of the molecule is CCOc1ccc2nc(N(CCN(C)C)C(=O)c3cc([N+](=O)[O-])ccc3Cl)sc2c1.Cl. The van der Waals surface area contributed by atoms with E-state index in [-0.39, 0.29) is 28.7 Å². The maximum absolute atomic E-state index is 13.3. The van der Waals surface area contributed by atoms with Crippen LogP contribution < -0.4 is 9.64 Å². The number of amides is 1. The van der Waals surface area contributed by atoms with Crippen LogP contribution in [0.15, 0.2) is 36.4 Å². The Hall–Kier alpha value is -2.46. The number of hydrogen-bond acceptors (Lipinski definition) is 7. The Balaban J connectivity index is 0.00000341. The molecule has 31 heavy (non-hydrogen) atoms. The summed E-state index contributed by atoms with van der Waals surface area (Å²) in [6.07, 6.45) is 0. The van der Waals surface area contributed by atoms with Crippen LogP contribution in [0.5, 0.6) is 5.75 Å². The van der Waals surface area contributed by atoms with E-state index in [2.05, 4.69) is 4.98 Å². The number of rotatable bonds is 8. The van der Waals surface area contributed by atoms with Gasteiger partial charge in [0.05, 0.1) is 32.3 Å². The summed E-state index contributed by atoms with van der Waals surface area (Å²) in [6, 6.07) is 9.40. The number of carbonyl (C=O) groups is 1. The van der Waals surface area contributed by atoms with Crippen LogP contribution in [0.4, 0.5) is 10.8 Å². The van der Waals surface area contributed by atoms with Crippen LogP contribution in [0.1, 0.15) is 17.3 Å². The summed E-state index contributed by atoms with van der Waals surface area (Å²) in [4.78, 5) is 32.0. The average molecular weight is 485 g/mol. The highest BCUT2D eigenvalue weighted by Gasteiger charge is 2.25. The first-order valence-corrected chi connectivity index (χ1v) is 10.4. The summed E-state index contributed by atoms with van der Waals surface area (Å²) in [5, 5.41) is 11.8. The zero-order valence-electron chi connectivity index (χ0n) is 17.2. The predicted octanol–water partition coefficient (Wildman–Crippen LogP) is 4.89. The topological polar surface area (TPSA) is 88.8 Å². The van der Waals surface area contributed by atoms with Gasteiger partial charge in [0, 0.05) is 25.2 Å². The molecule has 0 saturated carbocycles. The molecule has 0 fully saturated rings. The second-order valence-electron chi connectivity index (χ2n) is 6.74. The smallest absolute Gasteiger partial charge is 0.270 e. The van der Waals surface area contributed by atoms with Crippen LogP contribution in [-0.4, -0.2) is 54.5 Å². The molecule has 0 spiro atoms. The lowest BCUT2D eigenvalue weighted by molar-refractivity contribution is -0.384. The van der Waals surface area contributed by atoms with Crippen molar-refractivity contribution in [3.05, 3.63) is 57.1 Å². The van der Waals surface area contributed by atoms with E-state index < -0.39 is 10.8 Å². The van der Waals surface area contributed by atoms with E-state index in [1.807, 2.05) is 44.1 Å². The molecule has 8 nitrogen and oxygen atoms in total. The van der Waals surface area contributed by atoms with Crippen molar-refractivity contribution >= 4 is 62.3 Å². The highest BCUT2D eigenvalue weighted by Crippen LogP contribution is 2.33. The molecule has 0 atom stereocenters. The fraction of sp³-hybridized carbons (Fsp3) is 0.300. The molecule has 1 heterocycles. The number of halogens is 2. The number of carbonyl (C=O) groups excluding carboxylic acids is 1. The second kappa shape index (κ2) is 10.7. The molecule has 166 valence electrons. The van der Waals surface area contributed by atoms with Gasteiger partial charge in [-0.25, -0.2) is 4.98 Å². The van der Waals surface area contributed by atoms with Gasteiger partial charge in [-0.05, 0) is 45.3 Å². The lowest BCUT2D eigenvalue weighted by atomic mass is 10.1. The number of non-ortho nitro benzene ring substituents is 1. The molecule has 0 radical (unpaired) electrons. The molecule has 0 aliphatic heterocycles. The largest absolute Gasteiger partial charge is 0.494 e. The summed E-state index contributed by atoms with van der Waals surface area (Å²) in [5.41, 5.74) is 0.617. The maximum Gasteiger partial charge on any atom is 0.270 e. The Morgan fingerprint density at radius 3 is 2.61 bits per heavy atom. The number of nitro groups is 1. The third-order valence-corrected chi connectivity index (χ3v) is 5.67. The number of ether oxygens (including phenoxy) is 1. The first kappa shape index (κ1) is 24.8. The summed E-state index contributed by atoms with van der Waals surface area (Å²) >= 11 is 7.57. The van der Waals surface area contributed by atoms with Gasteiger partial charge < -0.3 is 9.64 Å². The number of thiazole rings is 1. The van der Waals surface area contributed by atoms with E-state index in [0.29, 0.717) is 24.8 Å². The molecule has 2 aromatic carbocycles. The van der Waals surface area contributed by atoms with E-state index in [0.717, 1.165) is 16.0 Å². The Bertz CT molecular complexity index is 1090. The van der Waals surface area contributed by atoms with E-state index in [9.17, 15) is 14.9 Å². The first-order valence-electron chi connectivity index (χ1n) is 9.24. The standard InChI is InChI=1S/C20H21ClN4O4S.ClH/c1-4-29-14-6-8-17-18(12-14)30-20(22-17)24(10-9-23(2)3)19(26)15-11-13(25(27)28)5-7-16(15)21;/h5-8,11-12H,4,9-10H2,1-3H3;1H. The zero-order chi connectivity index (χ0) is 21.8. The Kier molecular flexibility index (Phi) is 8.58. The molecule has 3 rings (SSSR count). The van der Waals surface area contributed by atoms with Crippen molar-refractivity contribution in [2.75, 3.05) is 38.7 Å². The summed E-state index contributed by atoms with van der Waals surface area (Å²) in [7, 11) is 3.80. The average Bonchev–Trinajstić information content (AvgIpc) is 3.11. The molecule has 0 saturated heterocycles. The van der Waals surface area contributed by atoms with Gasteiger partial charge in [0.15, 0.2) is 5.13 Å². The van der Waals surface area contributed by atoms with Gasteiger partial charge in [-0.1, -0.05) is 22.9 Å². The van der Waals surface area contributed by atoms with Crippen LogP contribution in [0.25, 0.3) is 10.2 Å². The van der Waals surface area contributed by atoms with Gasteiger partial charge >= 0.3 is 0 Å². The monoisotopic (exact) mass is 484 g/mol. The van der Waals surface area contributed by atoms with Gasteiger partial charge in [-0.3, -0.25) is 19.8 Å². The normalized spacial score (nSPS) is 10.7. The summed E-state index contributed by atoms with van der Waals surface area (Å²) in [5.74, 6) is 0.294.